The van der Waals surface area contributed by atoms with Gasteiger partial charge in [-0.25, -0.2) is 4.39 Å². The first kappa shape index (κ1) is 15.2. The van der Waals surface area contributed by atoms with Gasteiger partial charge in [0.15, 0.2) is 5.69 Å². The molecule has 3 rings (SSSR count). The number of carbonyl (C=O) groups is 1. The Balaban J connectivity index is 1.81. The van der Waals surface area contributed by atoms with Crippen LogP contribution in [0.25, 0.3) is 0 Å². The van der Waals surface area contributed by atoms with Crippen molar-refractivity contribution in [2.75, 3.05) is 19.7 Å². The maximum atomic E-state index is 13.6. The van der Waals surface area contributed by atoms with Crippen LogP contribution in [0.2, 0.25) is 10.0 Å². The molecule has 2 aromatic rings. The summed E-state index contributed by atoms with van der Waals surface area (Å²) >= 11 is 11.8. The van der Waals surface area contributed by atoms with Crippen molar-refractivity contribution in [2.24, 2.45) is 0 Å². The molecule has 1 N–H and O–H groups in total. The summed E-state index contributed by atoms with van der Waals surface area (Å²) in [5, 5.41) is 10.0. The minimum atomic E-state index is -0.579. The highest BCUT2D eigenvalue weighted by atomic mass is 35.5. The molecule has 6 nitrogen and oxygen atoms in total. The van der Waals surface area contributed by atoms with E-state index < -0.39 is 11.9 Å². The van der Waals surface area contributed by atoms with Gasteiger partial charge in [0.1, 0.15) is 11.9 Å². The Morgan fingerprint density at radius 3 is 2.95 bits per heavy atom. The fraction of sp³-hybridized carbons (Fsp3) is 0.308. The van der Waals surface area contributed by atoms with Crippen LogP contribution in [-0.2, 0) is 4.74 Å². The minimum Gasteiger partial charge on any atom is -0.370 e. The minimum absolute atomic E-state index is 0.0555. The summed E-state index contributed by atoms with van der Waals surface area (Å²) in [4.78, 5) is 13.8. The lowest BCUT2D eigenvalue weighted by Crippen LogP contribution is -2.42. The van der Waals surface area contributed by atoms with E-state index in [1.807, 2.05) is 0 Å². The van der Waals surface area contributed by atoms with Gasteiger partial charge < -0.3 is 9.64 Å². The van der Waals surface area contributed by atoms with Crippen LogP contribution >= 0.6 is 23.2 Å². The van der Waals surface area contributed by atoms with Crippen molar-refractivity contribution in [2.45, 2.75) is 6.10 Å². The van der Waals surface area contributed by atoms with Crippen molar-refractivity contribution >= 4 is 29.1 Å². The van der Waals surface area contributed by atoms with E-state index in [0.717, 1.165) is 0 Å². The number of nitrogens with zero attached hydrogens (tertiary/aromatic N) is 3. The van der Waals surface area contributed by atoms with Gasteiger partial charge in [-0.15, -0.1) is 0 Å². The van der Waals surface area contributed by atoms with E-state index in [2.05, 4.69) is 15.4 Å². The summed E-state index contributed by atoms with van der Waals surface area (Å²) in [6, 6.07) is 2.56. The normalized spacial score (nSPS) is 18.5. The molecule has 1 aliphatic rings. The second-order valence-electron chi connectivity index (χ2n) is 4.75. The Hall–Kier alpha value is -1.70. The highest BCUT2D eigenvalue weighted by Gasteiger charge is 2.29. The number of halogens is 3. The summed E-state index contributed by atoms with van der Waals surface area (Å²) in [5.74, 6) is -0.850. The molecule has 0 radical (unpaired) electrons. The second-order valence-corrected chi connectivity index (χ2v) is 5.57. The molecule has 0 spiro atoms. The molecular weight excluding hydrogens is 334 g/mol. The van der Waals surface area contributed by atoms with Crippen molar-refractivity contribution in [1.29, 1.82) is 0 Å². The van der Waals surface area contributed by atoms with Crippen molar-refractivity contribution in [1.82, 2.24) is 20.3 Å². The zero-order chi connectivity index (χ0) is 15.7. The molecular formula is C13H11Cl2FN4O2. The van der Waals surface area contributed by atoms with E-state index in [-0.39, 0.29) is 23.2 Å². The summed E-state index contributed by atoms with van der Waals surface area (Å²) in [5.41, 5.74) is 0.676. The second kappa shape index (κ2) is 6.20. The summed E-state index contributed by atoms with van der Waals surface area (Å²) in [7, 11) is 0. The molecule has 1 saturated heterocycles. The molecule has 116 valence electrons. The number of nitrogens with one attached hydrogen (secondary N) is 1. The van der Waals surface area contributed by atoms with E-state index in [9.17, 15) is 9.18 Å². The fourth-order valence-electron chi connectivity index (χ4n) is 2.27. The number of rotatable bonds is 2. The number of morpholine rings is 1. The number of amides is 1. The monoisotopic (exact) mass is 344 g/mol. The maximum Gasteiger partial charge on any atom is 0.276 e. The number of H-pyrrole nitrogens is 1. The van der Waals surface area contributed by atoms with Gasteiger partial charge in [-0.05, 0) is 12.1 Å². The Morgan fingerprint density at radius 2 is 2.23 bits per heavy atom. The lowest BCUT2D eigenvalue weighted by atomic mass is 10.1. The molecule has 1 fully saturated rings. The predicted molar refractivity (Wildman–Crippen MR) is 77.4 cm³/mol. The molecule has 22 heavy (non-hydrogen) atoms. The Labute approximate surface area is 135 Å². The number of hydrogen-bond acceptors (Lipinski definition) is 4. The number of benzene rings is 1. The van der Waals surface area contributed by atoms with Gasteiger partial charge in [0.05, 0.1) is 24.4 Å². The highest BCUT2D eigenvalue weighted by Crippen LogP contribution is 2.32. The molecule has 0 unspecified atom stereocenters. The van der Waals surface area contributed by atoms with Crippen LogP contribution in [-0.4, -0.2) is 45.9 Å². The number of aromatic nitrogens is 3. The standard InChI is InChI=1S/C13H11Cl2FN4O2/c14-8-4-9(15)10(16)3-7(8)12-6-20(1-2-22-12)13(21)11-5-17-19-18-11/h3-5,12H,1-2,6H2,(H,17,18,19)/t12-/m0/s1. The molecule has 0 saturated carbocycles. The van der Waals surface area contributed by atoms with Gasteiger partial charge in [-0.3, -0.25) is 4.79 Å². The first-order valence-corrected chi connectivity index (χ1v) is 7.23. The Bertz CT molecular complexity index is 696. The number of hydrogen-bond donors (Lipinski definition) is 1. The molecule has 1 amide bonds. The van der Waals surface area contributed by atoms with Crippen LogP contribution in [0.4, 0.5) is 4.39 Å². The van der Waals surface area contributed by atoms with E-state index in [0.29, 0.717) is 23.7 Å². The van der Waals surface area contributed by atoms with Gasteiger partial charge in [-0.2, -0.15) is 15.4 Å². The van der Waals surface area contributed by atoms with Crippen LogP contribution in [0, 0.1) is 5.82 Å². The first-order chi connectivity index (χ1) is 10.6. The molecule has 1 aromatic carbocycles. The van der Waals surface area contributed by atoms with Crippen molar-refractivity contribution in [3.05, 3.63) is 45.4 Å². The highest BCUT2D eigenvalue weighted by molar-refractivity contribution is 6.35. The smallest absolute Gasteiger partial charge is 0.276 e. The van der Waals surface area contributed by atoms with Gasteiger partial charge in [0.25, 0.3) is 5.91 Å². The zero-order valence-electron chi connectivity index (χ0n) is 11.2. The zero-order valence-corrected chi connectivity index (χ0v) is 12.7. The lowest BCUT2D eigenvalue weighted by Gasteiger charge is -2.33. The largest absolute Gasteiger partial charge is 0.370 e. The van der Waals surface area contributed by atoms with Crippen LogP contribution in [0.1, 0.15) is 22.2 Å². The van der Waals surface area contributed by atoms with E-state index in [1.54, 1.807) is 4.90 Å². The molecule has 0 bridgehead atoms. The van der Waals surface area contributed by atoms with Crippen LogP contribution in [0.5, 0.6) is 0 Å². The summed E-state index contributed by atoms with van der Waals surface area (Å²) in [6.45, 7) is 0.969. The maximum absolute atomic E-state index is 13.6. The van der Waals surface area contributed by atoms with E-state index in [1.165, 1.54) is 18.3 Å². The predicted octanol–water partition coefficient (Wildman–Crippen LogP) is 2.46. The average molecular weight is 345 g/mol. The molecule has 0 aliphatic carbocycles. The third-order valence-electron chi connectivity index (χ3n) is 3.37. The molecule has 1 aliphatic heterocycles. The summed E-state index contributed by atoms with van der Waals surface area (Å²) < 4.78 is 19.2. The van der Waals surface area contributed by atoms with Crippen molar-refractivity contribution < 1.29 is 13.9 Å². The van der Waals surface area contributed by atoms with Crippen LogP contribution in [0.3, 0.4) is 0 Å². The van der Waals surface area contributed by atoms with Crippen molar-refractivity contribution in [3.63, 3.8) is 0 Å². The number of carbonyl (C=O) groups excluding carboxylic acids is 1. The van der Waals surface area contributed by atoms with Gasteiger partial charge in [-0.1, -0.05) is 23.2 Å². The molecule has 2 heterocycles. The van der Waals surface area contributed by atoms with E-state index >= 15 is 0 Å². The van der Waals surface area contributed by atoms with Crippen LogP contribution < -0.4 is 0 Å². The average Bonchev–Trinajstić information content (AvgIpc) is 3.04. The Kier molecular flexibility index (Phi) is 4.28. The summed E-state index contributed by atoms with van der Waals surface area (Å²) in [6.07, 6.45) is 0.825. The number of ether oxygens (including phenoxy) is 1. The van der Waals surface area contributed by atoms with Crippen LogP contribution in [0.15, 0.2) is 18.3 Å². The lowest BCUT2D eigenvalue weighted by molar-refractivity contribution is -0.0230. The SMILES string of the molecule is O=C(c1cn[nH]n1)N1CCO[C@H](c2cc(F)c(Cl)cc2Cl)C1. The Morgan fingerprint density at radius 1 is 1.41 bits per heavy atom. The topological polar surface area (TPSA) is 71.1 Å². The quantitative estimate of drug-likeness (QED) is 0.849. The fourth-order valence-corrected chi connectivity index (χ4v) is 2.78. The number of aromatic amines is 1. The van der Waals surface area contributed by atoms with Crippen molar-refractivity contribution in [3.8, 4) is 0 Å². The van der Waals surface area contributed by atoms with Gasteiger partial charge >= 0.3 is 0 Å². The van der Waals surface area contributed by atoms with Gasteiger partial charge in [0, 0.05) is 17.1 Å². The molecule has 1 atom stereocenters. The molecule has 9 heteroatoms. The third-order valence-corrected chi connectivity index (χ3v) is 3.99. The third kappa shape index (κ3) is 2.92. The first-order valence-electron chi connectivity index (χ1n) is 6.47. The molecule has 1 aromatic heterocycles. The van der Waals surface area contributed by atoms with E-state index in [4.69, 9.17) is 27.9 Å². The van der Waals surface area contributed by atoms with Gasteiger partial charge in [0.2, 0.25) is 0 Å².